The Labute approximate surface area is 149 Å². The van der Waals surface area contributed by atoms with Crippen LogP contribution in [0.2, 0.25) is 0 Å². The van der Waals surface area contributed by atoms with Gasteiger partial charge in [-0.2, -0.15) is 0 Å². The van der Waals surface area contributed by atoms with Gasteiger partial charge in [0.25, 0.3) is 5.91 Å². The summed E-state index contributed by atoms with van der Waals surface area (Å²) >= 11 is 0. The Balaban J connectivity index is 1.63. The molecule has 0 aromatic heterocycles. The van der Waals surface area contributed by atoms with Gasteiger partial charge >= 0.3 is 0 Å². The predicted octanol–water partition coefficient (Wildman–Crippen LogP) is 3.34. The average molecular weight is 338 g/mol. The minimum atomic E-state index is 0.103. The number of carbonyl (C=O) groups excluding carboxylic acids is 1. The first-order valence-electron chi connectivity index (χ1n) is 8.97. The Hall–Kier alpha value is -2.33. The molecule has 1 heterocycles. The zero-order valence-corrected chi connectivity index (χ0v) is 14.8. The third-order valence-electron chi connectivity index (χ3n) is 4.63. The number of rotatable bonds is 6. The van der Waals surface area contributed by atoms with Gasteiger partial charge in [0.05, 0.1) is 0 Å². The molecule has 2 aromatic carbocycles. The summed E-state index contributed by atoms with van der Waals surface area (Å²) in [7, 11) is 1.97. The van der Waals surface area contributed by atoms with Crippen molar-refractivity contribution >= 4 is 5.91 Å². The number of amides is 1. The second kappa shape index (κ2) is 8.67. The Bertz CT molecular complexity index is 685. The second-order valence-electron chi connectivity index (χ2n) is 6.62. The van der Waals surface area contributed by atoms with E-state index < -0.39 is 0 Å². The highest BCUT2D eigenvalue weighted by Crippen LogP contribution is 2.21. The molecular weight excluding hydrogens is 312 g/mol. The molecule has 1 N–H and O–H groups in total. The van der Waals surface area contributed by atoms with Crippen molar-refractivity contribution in [3.63, 3.8) is 0 Å². The van der Waals surface area contributed by atoms with Crippen LogP contribution in [0.1, 0.15) is 28.8 Å². The number of nitrogens with zero attached hydrogens (tertiary/aromatic N) is 1. The predicted molar refractivity (Wildman–Crippen MR) is 99.8 cm³/mol. The van der Waals surface area contributed by atoms with Crippen LogP contribution in [-0.4, -0.2) is 37.5 Å². The molecule has 1 unspecified atom stereocenters. The van der Waals surface area contributed by atoms with Crippen molar-refractivity contribution in [1.29, 1.82) is 0 Å². The molecule has 4 nitrogen and oxygen atoms in total. The van der Waals surface area contributed by atoms with Crippen LogP contribution in [-0.2, 0) is 6.61 Å². The van der Waals surface area contributed by atoms with Crippen LogP contribution in [0.3, 0.4) is 0 Å². The molecule has 1 fully saturated rings. The van der Waals surface area contributed by atoms with Crippen LogP contribution >= 0.6 is 0 Å². The first-order chi connectivity index (χ1) is 12.3. The Morgan fingerprint density at radius 3 is 2.84 bits per heavy atom. The van der Waals surface area contributed by atoms with E-state index in [4.69, 9.17) is 4.74 Å². The summed E-state index contributed by atoms with van der Waals surface area (Å²) in [5, 5.41) is 3.22. The highest BCUT2D eigenvalue weighted by Gasteiger charge is 2.24. The number of ether oxygens (including phenoxy) is 1. The summed E-state index contributed by atoms with van der Waals surface area (Å²) < 4.78 is 5.85. The van der Waals surface area contributed by atoms with Gasteiger partial charge in [0.15, 0.2) is 0 Å². The molecule has 1 aliphatic rings. The molecule has 2 aromatic rings. The van der Waals surface area contributed by atoms with Gasteiger partial charge in [-0.15, -0.1) is 0 Å². The molecule has 0 saturated carbocycles. The number of benzene rings is 2. The third kappa shape index (κ3) is 4.83. The van der Waals surface area contributed by atoms with Crippen molar-refractivity contribution in [2.45, 2.75) is 19.4 Å². The smallest absolute Gasteiger partial charge is 0.253 e. The largest absolute Gasteiger partial charge is 0.489 e. The molecule has 25 heavy (non-hydrogen) atoms. The first-order valence-corrected chi connectivity index (χ1v) is 8.97. The second-order valence-corrected chi connectivity index (χ2v) is 6.62. The Kier molecular flexibility index (Phi) is 6.07. The van der Waals surface area contributed by atoms with Crippen LogP contribution in [0.5, 0.6) is 5.75 Å². The van der Waals surface area contributed by atoms with E-state index in [9.17, 15) is 4.79 Å². The van der Waals surface area contributed by atoms with E-state index in [1.54, 1.807) is 0 Å². The van der Waals surface area contributed by atoms with E-state index in [-0.39, 0.29) is 5.91 Å². The van der Waals surface area contributed by atoms with Gasteiger partial charge in [-0.1, -0.05) is 36.4 Å². The maximum absolute atomic E-state index is 12.8. The maximum Gasteiger partial charge on any atom is 0.253 e. The molecule has 0 radical (unpaired) electrons. The molecule has 1 amide bonds. The van der Waals surface area contributed by atoms with Gasteiger partial charge in [0.2, 0.25) is 0 Å². The lowest BCUT2D eigenvalue weighted by Gasteiger charge is -2.32. The summed E-state index contributed by atoms with van der Waals surface area (Å²) in [6.07, 6.45) is 2.26. The lowest BCUT2D eigenvalue weighted by atomic mass is 9.97. The highest BCUT2D eigenvalue weighted by molar-refractivity contribution is 5.94. The zero-order chi connectivity index (χ0) is 17.5. The van der Waals surface area contributed by atoms with Gasteiger partial charge in [-0.3, -0.25) is 4.79 Å². The van der Waals surface area contributed by atoms with Gasteiger partial charge in [-0.05, 0) is 56.1 Å². The van der Waals surface area contributed by atoms with Gasteiger partial charge in [0.1, 0.15) is 12.4 Å². The lowest BCUT2D eigenvalue weighted by Crippen LogP contribution is -2.42. The van der Waals surface area contributed by atoms with Crippen LogP contribution in [0.4, 0.5) is 0 Å². The molecule has 0 bridgehead atoms. The van der Waals surface area contributed by atoms with E-state index in [1.165, 1.54) is 6.42 Å². The molecular formula is C21H26N2O2. The minimum Gasteiger partial charge on any atom is -0.489 e. The monoisotopic (exact) mass is 338 g/mol. The van der Waals surface area contributed by atoms with Crippen molar-refractivity contribution in [3.05, 3.63) is 65.7 Å². The standard InChI is InChI=1S/C21H26N2O2/c1-22-14-18-9-6-12-23(15-18)21(24)19-10-5-11-20(13-19)25-16-17-7-3-2-4-8-17/h2-5,7-8,10-11,13,18,22H,6,9,12,14-16H2,1H3. The maximum atomic E-state index is 12.8. The fraction of sp³-hybridized carbons (Fsp3) is 0.381. The third-order valence-corrected chi connectivity index (χ3v) is 4.63. The number of likely N-dealkylation sites (tertiary alicyclic amines) is 1. The summed E-state index contributed by atoms with van der Waals surface area (Å²) in [5.41, 5.74) is 1.82. The number of hydrogen-bond donors (Lipinski definition) is 1. The van der Waals surface area contributed by atoms with Crippen LogP contribution < -0.4 is 10.1 Å². The summed E-state index contributed by atoms with van der Waals surface area (Å²) in [5.74, 6) is 1.38. The number of piperidine rings is 1. The first kappa shape index (κ1) is 17.5. The highest BCUT2D eigenvalue weighted by atomic mass is 16.5. The average Bonchev–Trinajstić information content (AvgIpc) is 2.67. The minimum absolute atomic E-state index is 0.103. The Morgan fingerprint density at radius 2 is 2.04 bits per heavy atom. The molecule has 1 saturated heterocycles. The van der Waals surface area contributed by atoms with Gasteiger partial charge in [-0.25, -0.2) is 0 Å². The van der Waals surface area contributed by atoms with E-state index in [1.807, 2.05) is 66.5 Å². The molecule has 4 heteroatoms. The number of carbonyl (C=O) groups is 1. The van der Waals surface area contributed by atoms with Crippen molar-refractivity contribution in [2.75, 3.05) is 26.7 Å². The van der Waals surface area contributed by atoms with Crippen LogP contribution in [0, 0.1) is 5.92 Å². The molecule has 0 spiro atoms. The van der Waals surface area contributed by atoms with Crippen molar-refractivity contribution in [3.8, 4) is 5.75 Å². The van der Waals surface area contributed by atoms with Gasteiger partial charge < -0.3 is 15.0 Å². The number of nitrogens with one attached hydrogen (secondary N) is 1. The topological polar surface area (TPSA) is 41.6 Å². The van der Waals surface area contributed by atoms with Crippen molar-refractivity contribution in [1.82, 2.24) is 10.2 Å². The van der Waals surface area contributed by atoms with E-state index in [0.29, 0.717) is 18.1 Å². The molecule has 132 valence electrons. The quantitative estimate of drug-likeness (QED) is 0.878. The van der Waals surface area contributed by atoms with E-state index in [0.717, 1.165) is 37.4 Å². The summed E-state index contributed by atoms with van der Waals surface area (Å²) in [6, 6.07) is 17.6. The van der Waals surface area contributed by atoms with Crippen molar-refractivity contribution < 1.29 is 9.53 Å². The Morgan fingerprint density at radius 1 is 1.20 bits per heavy atom. The normalized spacial score (nSPS) is 17.3. The molecule has 1 atom stereocenters. The molecule has 0 aliphatic carbocycles. The SMILES string of the molecule is CNCC1CCCN(C(=O)c2cccc(OCc3ccccc3)c2)C1. The lowest BCUT2D eigenvalue weighted by molar-refractivity contribution is 0.0674. The molecule has 3 rings (SSSR count). The van der Waals surface area contributed by atoms with Crippen LogP contribution in [0.25, 0.3) is 0 Å². The molecule has 1 aliphatic heterocycles. The van der Waals surface area contributed by atoms with E-state index in [2.05, 4.69) is 5.32 Å². The summed E-state index contributed by atoms with van der Waals surface area (Å²) in [6.45, 7) is 3.14. The van der Waals surface area contributed by atoms with Gasteiger partial charge in [0, 0.05) is 18.7 Å². The van der Waals surface area contributed by atoms with Crippen molar-refractivity contribution in [2.24, 2.45) is 5.92 Å². The fourth-order valence-electron chi connectivity index (χ4n) is 3.35. The van der Waals surface area contributed by atoms with E-state index >= 15 is 0 Å². The zero-order valence-electron chi connectivity index (χ0n) is 14.8. The summed E-state index contributed by atoms with van der Waals surface area (Å²) in [4.78, 5) is 14.8. The van der Waals surface area contributed by atoms with Crippen LogP contribution in [0.15, 0.2) is 54.6 Å². The fourth-order valence-corrected chi connectivity index (χ4v) is 3.35. The number of hydrogen-bond acceptors (Lipinski definition) is 3.